The van der Waals surface area contributed by atoms with E-state index in [1.54, 1.807) is 16.1 Å². The Hall–Kier alpha value is -2.28. The maximum Gasteiger partial charge on any atom is 0.416 e. The Morgan fingerprint density at radius 1 is 1.04 bits per heavy atom. The summed E-state index contributed by atoms with van der Waals surface area (Å²) in [5, 5.41) is 7.07. The van der Waals surface area contributed by atoms with Gasteiger partial charge >= 0.3 is 6.18 Å². The molecule has 1 aliphatic heterocycles. The lowest BCUT2D eigenvalue weighted by Crippen LogP contribution is -2.40. The number of rotatable bonds is 4. The van der Waals surface area contributed by atoms with Crippen molar-refractivity contribution in [3.05, 3.63) is 65.7 Å². The summed E-state index contributed by atoms with van der Waals surface area (Å²) in [5.74, 6) is 0. The summed E-state index contributed by atoms with van der Waals surface area (Å²) in [7, 11) is 0. The van der Waals surface area contributed by atoms with Gasteiger partial charge in [-0.1, -0.05) is 36.4 Å². The van der Waals surface area contributed by atoms with Gasteiger partial charge in [-0.25, -0.2) is 0 Å². The van der Waals surface area contributed by atoms with Gasteiger partial charge < -0.3 is 5.32 Å². The van der Waals surface area contributed by atoms with Crippen LogP contribution in [0.1, 0.15) is 11.1 Å². The highest BCUT2D eigenvalue weighted by molar-refractivity contribution is 7.80. The van der Waals surface area contributed by atoms with Gasteiger partial charge in [-0.15, -0.1) is 0 Å². The van der Waals surface area contributed by atoms with E-state index in [1.807, 2.05) is 30.3 Å². The van der Waals surface area contributed by atoms with Crippen LogP contribution >= 0.6 is 12.2 Å². The van der Waals surface area contributed by atoms with Crippen LogP contribution in [-0.2, 0) is 12.6 Å². The molecule has 0 aliphatic carbocycles. The lowest BCUT2D eigenvalue weighted by atomic mass is 10.1. The highest BCUT2D eigenvalue weighted by Crippen LogP contribution is 2.32. The summed E-state index contributed by atoms with van der Waals surface area (Å²) in [6, 6.07) is 15.2. The average molecular weight is 351 g/mol. The van der Waals surface area contributed by atoms with Crippen molar-refractivity contribution < 1.29 is 13.2 Å². The number of alkyl halides is 3. The fraction of sp³-hybridized carbons (Fsp3) is 0.235. The molecule has 1 heterocycles. The summed E-state index contributed by atoms with van der Waals surface area (Å²) in [5.41, 5.74) is 0.947. The van der Waals surface area contributed by atoms with Gasteiger partial charge in [0.25, 0.3) is 0 Å². The van der Waals surface area contributed by atoms with Gasteiger partial charge in [0.15, 0.2) is 5.11 Å². The van der Waals surface area contributed by atoms with Gasteiger partial charge in [-0.3, -0.25) is 10.0 Å². The van der Waals surface area contributed by atoms with E-state index < -0.39 is 11.7 Å². The minimum absolute atomic E-state index is 0.356. The number of hydrogen-bond acceptors (Lipinski definition) is 2. The highest BCUT2D eigenvalue weighted by atomic mass is 32.1. The molecular weight excluding hydrogens is 335 g/mol. The first-order chi connectivity index (χ1) is 11.4. The molecule has 2 aromatic rings. The Balaban J connectivity index is 1.78. The number of benzene rings is 2. The van der Waals surface area contributed by atoms with E-state index in [-0.39, 0.29) is 0 Å². The number of thiocarbonyl (C=S) groups is 1. The fourth-order valence-corrected chi connectivity index (χ4v) is 2.86. The van der Waals surface area contributed by atoms with Crippen LogP contribution in [0.25, 0.3) is 0 Å². The maximum atomic E-state index is 12.9. The molecule has 0 atom stereocenters. The third-order valence-corrected chi connectivity index (χ3v) is 4.19. The maximum absolute atomic E-state index is 12.9. The van der Waals surface area contributed by atoms with Gasteiger partial charge in [0.2, 0.25) is 0 Å². The molecule has 0 spiro atoms. The van der Waals surface area contributed by atoms with E-state index in [1.165, 1.54) is 6.07 Å². The van der Waals surface area contributed by atoms with E-state index in [9.17, 15) is 13.2 Å². The summed E-state index contributed by atoms with van der Waals surface area (Å²) < 4.78 is 38.8. The Labute approximate surface area is 143 Å². The molecular formula is C17H16F3N3S. The van der Waals surface area contributed by atoms with E-state index in [0.717, 1.165) is 24.1 Å². The third-order valence-electron chi connectivity index (χ3n) is 3.83. The van der Waals surface area contributed by atoms with E-state index >= 15 is 0 Å². The molecule has 1 fully saturated rings. The van der Waals surface area contributed by atoms with Crippen LogP contribution in [0.3, 0.4) is 0 Å². The zero-order chi connectivity index (χ0) is 17.2. The van der Waals surface area contributed by atoms with Crippen molar-refractivity contribution >= 4 is 23.0 Å². The molecule has 24 heavy (non-hydrogen) atoms. The first kappa shape index (κ1) is 16.6. The summed E-state index contributed by atoms with van der Waals surface area (Å²) >= 11 is 5.29. The quantitative estimate of drug-likeness (QED) is 0.844. The average Bonchev–Trinajstić information content (AvgIpc) is 2.94. The minimum Gasteiger partial charge on any atom is -0.342 e. The van der Waals surface area contributed by atoms with Crippen molar-refractivity contribution in [3.8, 4) is 0 Å². The summed E-state index contributed by atoms with van der Waals surface area (Å²) in [6.45, 7) is 0.945. The molecule has 126 valence electrons. The predicted molar refractivity (Wildman–Crippen MR) is 91.4 cm³/mol. The number of nitrogens with one attached hydrogen (secondary N) is 1. The van der Waals surface area contributed by atoms with E-state index in [4.69, 9.17) is 12.2 Å². The van der Waals surface area contributed by atoms with Crippen molar-refractivity contribution in [1.29, 1.82) is 0 Å². The van der Waals surface area contributed by atoms with Crippen molar-refractivity contribution in [2.75, 3.05) is 18.2 Å². The van der Waals surface area contributed by atoms with Crippen LogP contribution in [0, 0.1) is 0 Å². The highest BCUT2D eigenvalue weighted by Gasteiger charge is 2.32. The van der Waals surface area contributed by atoms with Crippen molar-refractivity contribution in [1.82, 2.24) is 10.3 Å². The second kappa shape index (κ2) is 6.68. The number of hydrogen-bond donors (Lipinski definition) is 1. The zero-order valence-electron chi connectivity index (χ0n) is 12.8. The normalized spacial score (nSPS) is 14.9. The lowest BCUT2D eigenvalue weighted by Gasteiger charge is -2.29. The van der Waals surface area contributed by atoms with E-state index in [0.29, 0.717) is 24.0 Å². The Morgan fingerprint density at radius 3 is 2.50 bits per heavy atom. The van der Waals surface area contributed by atoms with Gasteiger partial charge in [-0.2, -0.15) is 13.2 Å². The molecule has 1 saturated heterocycles. The number of hydrazine groups is 1. The topological polar surface area (TPSA) is 18.5 Å². The Bertz CT molecular complexity index is 719. The molecule has 0 unspecified atom stereocenters. The first-order valence-corrected chi connectivity index (χ1v) is 7.90. The molecule has 0 aromatic heterocycles. The minimum atomic E-state index is -4.36. The Kier molecular flexibility index (Phi) is 4.62. The number of halogens is 3. The van der Waals surface area contributed by atoms with Crippen LogP contribution in [-0.4, -0.2) is 23.3 Å². The van der Waals surface area contributed by atoms with Crippen molar-refractivity contribution in [2.45, 2.75) is 12.6 Å². The monoisotopic (exact) mass is 351 g/mol. The third kappa shape index (κ3) is 3.62. The Morgan fingerprint density at radius 2 is 1.79 bits per heavy atom. The zero-order valence-corrected chi connectivity index (χ0v) is 13.6. The molecule has 0 saturated carbocycles. The van der Waals surface area contributed by atoms with Crippen LogP contribution < -0.4 is 10.3 Å². The van der Waals surface area contributed by atoms with Crippen LogP contribution in [0.15, 0.2) is 54.6 Å². The van der Waals surface area contributed by atoms with Crippen molar-refractivity contribution in [3.63, 3.8) is 0 Å². The first-order valence-electron chi connectivity index (χ1n) is 7.49. The summed E-state index contributed by atoms with van der Waals surface area (Å²) in [4.78, 5) is 0. The van der Waals surface area contributed by atoms with E-state index in [2.05, 4.69) is 5.32 Å². The molecule has 0 amide bonds. The van der Waals surface area contributed by atoms with Crippen LogP contribution in [0.5, 0.6) is 0 Å². The summed E-state index contributed by atoms with van der Waals surface area (Å²) in [6.07, 6.45) is -3.61. The SMILES string of the molecule is FC(F)(F)c1cccc(N2CNC(=S)N2CCc2ccccc2)c1. The van der Waals surface area contributed by atoms with Crippen LogP contribution in [0.2, 0.25) is 0 Å². The lowest BCUT2D eigenvalue weighted by molar-refractivity contribution is -0.137. The van der Waals surface area contributed by atoms with Gasteiger partial charge in [0.05, 0.1) is 11.3 Å². The largest absolute Gasteiger partial charge is 0.416 e. The van der Waals surface area contributed by atoms with Gasteiger partial charge in [0, 0.05) is 6.54 Å². The molecule has 0 radical (unpaired) electrons. The number of anilines is 1. The fourth-order valence-electron chi connectivity index (χ4n) is 2.60. The van der Waals surface area contributed by atoms with Gasteiger partial charge in [-0.05, 0) is 42.4 Å². The van der Waals surface area contributed by atoms with Gasteiger partial charge in [0.1, 0.15) is 6.67 Å². The predicted octanol–water partition coefficient (Wildman–Crippen LogP) is 3.82. The smallest absolute Gasteiger partial charge is 0.342 e. The second-order valence-electron chi connectivity index (χ2n) is 5.45. The molecule has 7 heteroatoms. The van der Waals surface area contributed by atoms with Crippen LogP contribution in [0.4, 0.5) is 18.9 Å². The standard InChI is InChI=1S/C17H16F3N3S/c18-17(19,20)14-7-4-8-15(11-14)23-12-21-16(24)22(23)10-9-13-5-2-1-3-6-13/h1-8,11H,9-10,12H2,(H,21,24). The second-order valence-corrected chi connectivity index (χ2v) is 5.83. The molecule has 3 nitrogen and oxygen atoms in total. The van der Waals surface area contributed by atoms with Crippen molar-refractivity contribution in [2.24, 2.45) is 0 Å². The molecule has 1 N–H and O–H groups in total. The molecule has 3 rings (SSSR count). The number of nitrogens with zero attached hydrogens (tertiary/aromatic N) is 2. The molecule has 2 aromatic carbocycles. The molecule has 1 aliphatic rings. The molecule has 0 bridgehead atoms.